The van der Waals surface area contributed by atoms with Crippen LogP contribution in [0.15, 0.2) is 42.5 Å². The molecule has 6 heteroatoms. The van der Waals surface area contributed by atoms with E-state index in [-0.39, 0.29) is 25.5 Å². The van der Waals surface area contributed by atoms with Crippen LogP contribution in [0.3, 0.4) is 0 Å². The Morgan fingerprint density at radius 3 is 2.48 bits per heavy atom. The zero-order valence-electron chi connectivity index (χ0n) is 17.0. The minimum atomic E-state index is -0.569. The van der Waals surface area contributed by atoms with E-state index in [4.69, 9.17) is 4.74 Å². The Hall–Kier alpha value is -3.15. The second-order valence-corrected chi connectivity index (χ2v) is 7.38. The van der Waals surface area contributed by atoms with E-state index in [1.165, 1.54) is 5.56 Å². The molecule has 2 aromatic carbocycles. The third kappa shape index (κ3) is 5.02. The van der Waals surface area contributed by atoms with Gasteiger partial charge in [0.2, 0.25) is 5.91 Å². The Kier molecular flexibility index (Phi) is 6.32. The van der Waals surface area contributed by atoms with Crippen molar-refractivity contribution >= 4 is 29.2 Å². The SMILES string of the molecule is CCc1ccc(NC(=O)COC(=O)[C@H]2CC(=O)N(c3ccc(C)c(C)c3)C2)cc1. The minimum absolute atomic E-state index is 0.0891. The first-order valence-electron chi connectivity index (χ1n) is 9.80. The van der Waals surface area contributed by atoms with Crippen molar-refractivity contribution in [3.05, 3.63) is 59.2 Å². The Bertz CT molecular complexity index is 921. The van der Waals surface area contributed by atoms with Crippen LogP contribution >= 0.6 is 0 Å². The van der Waals surface area contributed by atoms with Gasteiger partial charge in [0.25, 0.3) is 5.91 Å². The van der Waals surface area contributed by atoms with Gasteiger partial charge in [-0.2, -0.15) is 0 Å². The van der Waals surface area contributed by atoms with Crippen LogP contribution in [-0.2, 0) is 25.5 Å². The average molecular weight is 394 g/mol. The number of carbonyl (C=O) groups is 3. The molecule has 0 bridgehead atoms. The number of anilines is 2. The minimum Gasteiger partial charge on any atom is -0.455 e. The van der Waals surface area contributed by atoms with Crippen molar-refractivity contribution in [2.45, 2.75) is 33.6 Å². The first-order chi connectivity index (χ1) is 13.9. The van der Waals surface area contributed by atoms with Gasteiger partial charge in [0.1, 0.15) is 0 Å². The fourth-order valence-electron chi connectivity index (χ4n) is 3.28. The second-order valence-electron chi connectivity index (χ2n) is 7.38. The molecule has 0 radical (unpaired) electrons. The predicted octanol–water partition coefficient (Wildman–Crippen LogP) is 3.40. The van der Waals surface area contributed by atoms with Crippen molar-refractivity contribution in [3.63, 3.8) is 0 Å². The zero-order valence-corrected chi connectivity index (χ0v) is 17.0. The number of carbonyl (C=O) groups excluding carboxylic acids is 3. The summed E-state index contributed by atoms with van der Waals surface area (Å²) in [6, 6.07) is 13.3. The van der Waals surface area contributed by atoms with Crippen molar-refractivity contribution in [2.75, 3.05) is 23.4 Å². The van der Waals surface area contributed by atoms with Crippen molar-refractivity contribution in [3.8, 4) is 0 Å². The Morgan fingerprint density at radius 2 is 1.83 bits per heavy atom. The van der Waals surface area contributed by atoms with Crippen LogP contribution in [0.5, 0.6) is 0 Å². The van der Waals surface area contributed by atoms with Gasteiger partial charge in [0.15, 0.2) is 6.61 Å². The van der Waals surface area contributed by atoms with E-state index < -0.39 is 17.8 Å². The smallest absolute Gasteiger partial charge is 0.311 e. The van der Waals surface area contributed by atoms with Gasteiger partial charge in [0, 0.05) is 24.3 Å². The summed E-state index contributed by atoms with van der Waals surface area (Å²) >= 11 is 0. The molecule has 1 fully saturated rings. The quantitative estimate of drug-likeness (QED) is 0.762. The number of benzene rings is 2. The van der Waals surface area contributed by atoms with Gasteiger partial charge in [-0.05, 0) is 61.2 Å². The van der Waals surface area contributed by atoms with Crippen LogP contribution in [0.4, 0.5) is 11.4 Å². The molecule has 6 nitrogen and oxygen atoms in total. The Labute approximate surface area is 170 Å². The first-order valence-corrected chi connectivity index (χ1v) is 9.80. The number of esters is 1. The maximum atomic E-state index is 12.4. The van der Waals surface area contributed by atoms with E-state index in [1.807, 2.05) is 56.3 Å². The van der Waals surface area contributed by atoms with Crippen molar-refractivity contribution in [1.29, 1.82) is 0 Å². The maximum absolute atomic E-state index is 12.4. The summed E-state index contributed by atoms with van der Waals surface area (Å²) in [5.74, 6) is -1.62. The molecule has 0 unspecified atom stereocenters. The number of hydrogen-bond acceptors (Lipinski definition) is 4. The van der Waals surface area contributed by atoms with Gasteiger partial charge in [-0.15, -0.1) is 0 Å². The number of hydrogen-bond donors (Lipinski definition) is 1. The topological polar surface area (TPSA) is 75.7 Å². The molecule has 1 heterocycles. The molecular formula is C23H26N2O4. The molecule has 2 amide bonds. The molecule has 1 aliphatic heterocycles. The van der Waals surface area contributed by atoms with E-state index in [2.05, 4.69) is 12.2 Å². The third-order valence-electron chi connectivity index (χ3n) is 5.25. The van der Waals surface area contributed by atoms with Crippen molar-refractivity contribution in [1.82, 2.24) is 0 Å². The summed E-state index contributed by atoms with van der Waals surface area (Å²) < 4.78 is 5.15. The Morgan fingerprint density at radius 1 is 1.10 bits per heavy atom. The molecule has 1 saturated heterocycles. The largest absolute Gasteiger partial charge is 0.455 e. The van der Waals surface area contributed by atoms with Gasteiger partial charge in [-0.1, -0.05) is 25.1 Å². The standard InChI is InChI=1S/C23H26N2O4/c1-4-17-6-8-19(9-7-17)24-21(26)14-29-23(28)18-12-22(27)25(13-18)20-10-5-15(2)16(3)11-20/h5-11,18H,4,12-14H2,1-3H3,(H,24,26)/t18-/m0/s1. The van der Waals surface area contributed by atoms with Crippen LogP contribution in [0.25, 0.3) is 0 Å². The first kappa shape index (κ1) is 20.6. The Balaban J connectivity index is 1.52. The second kappa shape index (κ2) is 8.90. The van der Waals surface area contributed by atoms with Crippen molar-refractivity contribution < 1.29 is 19.1 Å². The van der Waals surface area contributed by atoms with E-state index in [1.54, 1.807) is 4.90 Å². The third-order valence-corrected chi connectivity index (χ3v) is 5.25. The van der Waals surface area contributed by atoms with Crippen LogP contribution in [0.1, 0.15) is 30.0 Å². The lowest BCUT2D eigenvalue weighted by atomic mass is 10.1. The lowest BCUT2D eigenvalue weighted by Gasteiger charge is -2.17. The average Bonchev–Trinajstić information content (AvgIpc) is 3.10. The number of aryl methyl sites for hydroxylation is 3. The van der Waals surface area contributed by atoms with Crippen LogP contribution < -0.4 is 10.2 Å². The van der Waals surface area contributed by atoms with Gasteiger partial charge in [-0.3, -0.25) is 14.4 Å². The molecule has 1 atom stereocenters. The molecule has 0 saturated carbocycles. The normalized spacial score (nSPS) is 16.0. The van der Waals surface area contributed by atoms with Gasteiger partial charge < -0.3 is 15.0 Å². The monoisotopic (exact) mass is 394 g/mol. The fraction of sp³-hybridized carbons (Fsp3) is 0.348. The summed E-state index contributed by atoms with van der Waals surface area (Å²) in [5.41, 5.74) is 4.84. The van der Waals surface area contributed by atoms with Gasteiger partial charge >= 0.3 is 5.97 Å². The van der Waals surface area contributed by atoms with E-state index >= 15 is 0 Å². The highest BCUT2D eigenvalue weighted by Gasteiger charge is 2.36. The van der Waals surface area contributed by atoms with E-state index in [0.29, 0.717) is 5.69 Å². The highest BCUT2D eigenvalue weighted by molar-refractivity contribution is 6.00. The summed E-state index contributed by atoms with van der Waals surface area (Å²) in [4.78, 5) is 38.3. The van der Waals surface area contributed by atoms with Crippen molar-refractivity contribution in [2.24, 2.45) is 5.92 Å². The summed E-state index contributed by atoms with van der Waals surface area (Å²) in [6.45, 7) is 5.94. The molecule has 1 aliphatic rings. The van der Waals surface area contributed by atoms with Crippen LogP contribution in [-0.4, -0.2) is 30.9 Å². The van der Waals surface area contributed by atoms with Gasteiger partial charge in [0.05, 0.1) is 5.92 Å². The fourth-order valence-corrected chi connectivity index (χ4v) is 3.28. The zero-order chi connectivity index (χ0) is 21.0. The number of nitrogens with zero attached hydrogens (tertiary/aromatic N) is 1. The summed E-state index contributed by atoms with van der Waals surface area (Å²) in [7, 11) is 0. The van der Waals surface area contributed by atoms with E-state index in [9.17, 15) is 14.4 Å². The maximum Gasteiger partial charge on any atom is 0.311 e. The predicted molar refractivity (Wildman–Crippen MR) is 112 cm³/mol. The van der Waals surface area contributed by atoms with Crippen LogP contribution in [0, 0.1) is 19.8 Å². The lowest BCUT2D eigenvalue weighted by molar-refractivity contribution is -0.151. The van der Waals surface area contributed by atoms with Crippen LogP contribution in [0.2, 0.25) is 0 Å². The highest BCUT2D eigenvalue weighted by Crippen LogP contribution is 2.27. The molecule has 29 heavy (non-hydrogen) atoms. The number of nitrogens with one attached hydrogen (secondary N) is 1. The van der Waals surface area contributed by atoms with E-state index in [0.717, 1.165) is 23.2 Å². The lowest BCUT2D eigenvalue weighted by Crippen LogP contribution is -2.28. The number of amides is 2. The molecule has 1 N–H and O–H groups in total. The molecule has 0 aliphatic carbocycles. The highest BCUT2D eigenvalue weighted by atomic mass is 16.5. The summed E-state index contributed by atoms with van der Waals surface area (Å²) in [6.07, 6.45) is 1.01. The molecule has 152 valence electrons. The molecular weight excluding hydrogens is 368 g/mol. The molecule has 0 spiro atoms. The number of ether oxygens (including phenoxy) is 1. The molecule has 0 aromatic heterocycles. The number of rotatable bonds is 6. The molecule has 3 rings (SSSR count). The molecule has 2 aromatic rings. The summed E-state index contributed by atoms with van der Waals surface area (Å²) in [5, 5.41) is 2.70. The van der Waals surface area contributed by atoms with Gasteiger partial charge in [-0.25, -0.2) is 0 Å².